The van der Waals surface area contributed by atoms with Crippen molar-refractivity contribution >= 4 is 21.7 Å². The summed E-state index contributed by atoms with van der Waals surface area (Å²) in [5.74, 6) is 2.01. The van der Waals surface area contributed by atoms with E-state index in [4.69, 9.17) is 5.73 Å². The van der Waals surface area contributed by atoms with Gasteiger partial charge in [0.15, 0.2) is 0 Å². The van der Waals surface area contributed by atoms with E-state index in [2.05, 4.69) is 25.9 Å². The summed E-state index contributed by atoms with van der Waals surface area (Å²) in [4.78, 5) is 8.56. The molecule has 0 radical (unpaired) electrons. The minimum atomic E-state index is 0.537. The topological polar surface area (TPSA) is 51.8 Å². The smallest absolute Gasteiger partial charge is 0.141 e. The van der Waals surface area contributed by atoms with Crippen LogP contribution < -0.4 is 5.73 Å². The summed E-state index contributed by atoms with van der Waals surface area (Å²) < 4.78 is 0.786. The fourth-order valence-corrected chi connectivity index (χ4v) is 1.97. The largest absolute Gasteiger partial charge is 0.383 e. The van der Waals surface area contributed by atoms with Gasteiger partial charge < -0.3 is 5.73 Å². The van der Waals surface area contributed by atoms with E-state index in [0.717, 1.165) is 10.3 Å². The Morgan fingerprint density at radius 2 is 2.08 bits per heavy atom. The van der Waals surface area contributed by atoms with Crippen LogP contribution in [0.1, 0.15) is 37.4 Å². The minimum absolute atomic E-state index is 0.537. The lowest BCUT2D eigenvalue weighted by atomic mass is 10.1. The van der Waals surface area contributed by atoms with Crippen molar-refractivity contribution in [2.24, 2.45) is 0 Å². The van der Waals surface area contributed by atoms with Gasteiger partial charge in [-0.15, -0.1) is 0 Å². The molecule has 0 bridgehead atoms. The summed E-state index contributed by atoms with van der Waals surface area (Å²) in [6.07, 6.45) is 6.76. The molecule has 3 nitrogen and oxygen atoms in total. The molecular formula is C9H12BrN3. The molecule has 0 amide bonds. The summed E-state index contributed by atoms with van der Waals surface area (Å²) in [5.41, 5.74) is 5.69. The zero-order valence-electron chi connectivity index (χ0n) is 7.33. The van der Waals surface area contributed by atoms with Gasteiger partial charge in [0.25, 0.3) is 0 Å². The van der Waals surface area contributed by atoms with E-state index in [-0.39, 0.29) is 0 Å². The summed E-state index contributed by atoms with van der Waals surface area (Å²) in [7, 11) is 0. The van der Waals surface area contributed by atoms with Crippen LogP contribution in [0.25, 0.3) is 0 Å². The molecule has 4 heteroatoms. The zero-order valence-corrected chi connectivity index (χ0v) is 8.92. The number of aromatic nitrogens is 2. The van der Waals surface area contributed by atoms with Gasteiger partial charge in [0.1, 0.15) is 11.6 Å². The van der Waals surface area contributed by atoms with Gasteiger partial charge in [-0.3, -0.25) is 0 Å². The van der Waals surface area contributed by atoms with Crippen molar-refractivity contribution < 1.29 is 0 Å². The molecule has 0 aliphatic heterocycles. The van der Waals surface area contributed by atoms with Gasteiger partial charge in [-0.2, -0.15) is 0 Å². The van der Waals surface area contributed by atoms with Crippen molar-refractivity contribution in [2.45, 2.75) is 31.6 Å². The SMILES string of the molecule is Nc1nc(C2CCCC2)ncc1Br. The molecule has 1 aliphatic carbocycles. The fourth-order valence-electron chi connectivity index (χ4n) is 1.78. The predicted molar refractivity (Wildman–Crippen MR) is 55.4 cm³/mol. The van der Waals surface area contributed by atoms with Crippen molar-refractivity contribution in [3.05, 3.63) is 16.5 Å². The highest BCUT2D eigenvalue weighted by Crippen LogP contribution is 2.32. The highest BCUT2D eigenvalue weighted by Gasteiger charge is 2.19. The van der Waals surface area contributed by atoms with Crippen LogP contribution in [0.3, 0.4) is 0 Å². The lowest BCUT2D eigenvalue weighted by molar-refractivity contribution is 0.668. The van der Waals surface area contributed by atoms with Crippen molar-refractivity contribution in [2.75, 3.05) is 5.73 Å². The number of nitrogens with two attached hydrogens (primary N) is 1. The lowest BCUT2D eigenvalue weighted by Crippen LogP contribution is -2.03. The second-order valence-electron chi connectivity index (χ2n) is 3.44. The number of nitrogens with zero attached hydrogens (tertiary/aromatic N) is 2. The second-order valence-corrected chi connectivity index (χ2v) is 4.30. The van der Waals surface area contributed by atoms with Gasteiger partial charge >= 0.3 is 0 Å². The van der Waals surface area contributed by atoms with Crippen molar-refractivity contribution in [3.63, 3.8) is 0 Å². The Labute approximate surface area is 85.9 Å². The molecule has 0 spiro atoms. The molecule has 1 heterocycles. The van der Waals surface area contributed by atoms with E-state index >= 15 is 0 Å². The van der Waals surface area contributed by atoms with E-state index in [0.29, 0.717) is 11.7 Å². The number of nitrogen functional groups attached to an aromatic ring is 1. The number of hydrogen-bond donors (Lipinski definition) is 1. The minimum Gasteiger partial charge on any atom is -0.383 e. The van der Waals surface area contributed by atoms with E-state index in [1.54, 1.807) is 6.20 Å². The van der Waals surface area contributed by atoms with Gasteiger partial charge in [-0.25, -0.2) is 9.97 Å². The Morgan fingerprint density at radius 1 is 1.38 bits per heavy atom. The van der Waals surface area contributed by atoms with Crippen LogP contribution in [-0.2, 0) is 0 Å². The van der Waals surface area contributed by atoms with Crippen molar-refractivity contribution in [3.8, 4) is 0 Å². The first-order valence-corrected chi connectivity index (χ1v) is 5.34. The zero-order chi connectivity index (χ0) is 9.26. The van der Waals surface area contributed by atoms with E-state index in [9.17, 15) is 0 Å². The molecule has 0 unspecified atom stereocenters. The third-order valence-corrected chi connectivity index (χ3v) is 3.12. The third kappa shape index (κ3) is 1.82. The maximum atomic E-state index is 5.69. The first-order chi connectivity index (χ1) is 6.27. The van der Waals surface area contributed by atoms with Crippen LogP contribution >= 0.6 is 15.9 Å². The third-order valence-electron chi connectivity index (χ3n) is 2.51. The number of hydrogen-bond acceptors (Lipinski definition) is 3. The summed E-state index contributed by atoms with van der Waals surface area (Å²) in [6, 6.07) is 0. The molecule has 1 fully saturated rings. The predicted octanol–water partition coefficient (Wildman–Crippen LogP) is 2.48. The number of anilines is 1. The van der Waals surface area contributed by atoms with Gasteiger partial charge in [-0.1, -0.05) is 12.8 Å². The average Bonchev–Trinajstić information content (AvgIpc) is 2.62. The van der Waals surface area contributed by atoms with Crippen LogP contribution in [0.5, 0.6) is 0 Å². The van der Waals surface area contributed by atoms with E-state index in [1.807, 2.05) is 0 Å². The average molecular weight is 242 g/mol. The van der Waals surface area contributed by atoms with Gasteiger partial charge in [-0.05, 0) is 28.8 Å². The summed E-state index contributed by atoms with van der Waals surface area (Å²) in [6.45, 7) is 0. The molecule has 1 saturated carbocycles. The molecule has 2 N–H and O–H groups in total. The van der Waals surface area contributed by atoms with E-state index < -0.39 is 0 Å². The normalized spacial score (nSPS) is 17.9. The van der Waals surface area contributed by atoms with Crippen molar-refractivity contribution in [1.29, 1.82) is 0 Å². The molecule has 1 aliphatic rings. The maximum Gasteiger partial charge on any atom is 0.141 e. The van der Waals surface area contributed by atoms with Gasteiger partial charge in [0.05, 0.1) is 4.47 Å². The monoisotopic (exact) mass is 241 g/mol. The maximum absolute atomic E-state index is 5.69. The Bertz CT molecular complexity index is 308. The molecule has 1 aromatic heterocycles. The van der Waals surface area contributed by atoms with E-state index in [1.165, 1.54) is 25.7 Å². The molecule has 0 saturated heterocycles. The summed E-state index contributed by atoms with van der Waals surface area (Å²) in [5, 5.41) is 0. The first kappa shape index (κ1) is 8.94. The Hall–Kier alpha value is -0.640. The first-order valence-electron chi connectivity index (χ1n) is 4.55. The van der Waals surface area contributed by atoms with Crippen LogP contribution in [0.15, 0.2) is 10.7 Å². The van der Waals surface area contributed by atoms with Gasteiger partial charge in [0, 0.05) is 12.1 Å². The molecule has 0 atom stereocenters. The number of halogens is 1. The second kappa shape index (κ2) is 3.62. The molecule has 1 aromatic rings. The lowest BCUT2D eigenvalue weighted by Gasteiger charge is -2.07. The highest BCUT2D eigenvalue weighted by atomic mass is 79.9. The molecule has 13 heavy (non-hydrogen) atoms. The molecule has 0 aromatic carbocycles. The summed E-state index contributed by atoms with van der Waals surface area (Å²) >= 11 is 3.29. The highest BCUT2D eigenvalue weighted by molar-refractivity contribution is 9.10. The van der Waals surface area contributed by atoms with Gasteiger partial charge in [0.2, 0.25) is 0 Å². The molecule has 70 valence electrons. The van der Waals surface area contributed by atoms with Crippen LogP contribution in [-0.4, -0.2) is 9.97 Å². The Morgan fingerprint density at radius 3 is 2.69 bits per heavy atom. The Kier molecular flexibility index (Phi) is 2.49. The fraction of sp³-hybridized carbons (Fsp3) is 0.556. The van der Waals surface area contributed by atoms with Crippen LogP contribution in [0.4, 0.5) is 5.82 Å². The number of rotatable bonds is 1. The molecular weight excluding hydrogens is 230 g/mol. The Balaban J connectivity index is 2.25. The molecule has 2 rings (SSSR count). The van der Waals surface area contributed by atoms with Crippen LogP contribution in [0.2, 0.25) is 0 Å². The van der Waals surface area contributed by atoms with Crippen molar-refractivity contribution in [1.82, 2.24) is 9.97 Å². The van der Waals surface area contributed by atoms with Crippen LogP contribution in [0, 0.1) is 0 Å². The standard InChI is InChI=1S/C9H12BrN3/c10-7-5-12-9(13-8(7)11)6-3-1-2-4-6/h5-6H,1-4H2,(H2,11,12,13). The quantitative estimate of drug-likeness (QED) is 0.822.